The summed E-state index contributed by atoms with van der Waals surface area (Å²) >= 11 is 4.85. The lowest BCUT2D eigenvalue weighted by Crippen LogP contribution is -1.87. The fraction of sp³-hybridized carbons (Fsp3) is 0. The molecule has 0 N–H and O–H groups in total. The highest BCUT2D eigenvalue weighted by molar-refractivity contribution is 7.79. The molecule has 0 saturated heterocycles. The molecule has 2 rings (SSSR count). The first-order valence-corrected chi connectivity index (χ1v) is 3.90. The summed E-state index contributed by atoms with van der Waals surface area (Å²) in [4.78, 5) is 0. The second-order valence-corrected chi connectivity index (χ2v) is 2.61. The molecule has 2 heterocycles. The number of fused-ring (bicyclic) bond motifs is 1. The smallest absolute Gasteiger partial charge is 0.0563 e. The molecule has 0 fully saturated rings. The van der Waals surface area contributed by atoms with Crippen LogP contribution in [0.25, 0.3) is 5.52 Å². The van der Waals surface area contributed by atoms with Crippen molar-refractivity contribution in [1.82, 2.24) is 4.40 Å². The van der Waals surface area contributed by atoms with Gasteiger partial charge in [-0.1, -0.05) is 18.3 Å². The van der Waals surface area contributed by atoms with E-state index in [1.807, 2.05) is 24.4 Å². The van der Waals surface area contributed by atoms with Crippen molar-refractivity contribution in [3.8, 4) is 0 Å². The van der Waals surface area contributed by atoms with Crippen molar-refractivity contribution in [2.24, 2.45) is 0 Å². The number of thiocarbonyl (C=S) groups is 1. The average molecular weight is 161 g/mol. The van der Waals surface area contributed by atoms with E-state index in [1.165, 1.54) is 5.52 Å². The van der Waals surface area contributed by atoms with E-state index in [0.717, 1.165) is 5.69 Å². The van der Waals surface area contributed by atoms with E-state index < -0.39 is 0 Å². The van der Waals surface area contributed by atoms with Crippen molar-refractivity contribution in [2.45, 2.75) is 0 Å². The highest BCUT2D eigenvalue weighted by atomic mass is 32.1. The van der Waals surface area contributed by atoms with Gasteiger partial charge in [-0.2, -0.15) is 0 Å². The minimum atomic E-state index is 1.07. The standard InChI is InChI=1S/C9H7NS/c11-7-9-5-4-8-3-1-2-6-10(8)9/h1-7H. The van der Waals surface area contributed by atoms with E-state index in [0.29, 0.717) is 0 Å². The minimum absolute atomic E-state index is 1.07. The molecule has 54 valence electrons. The molecule has 0 saturated carbocycles. The van der Waals surface area contributed by atoms with E-state index in [1.54, 1.807) is 5.37 Å². The molecule has 1 nitrogen and oxygen atoms in total. The van der Waals surface area contributed by atoms with Crippen molar-refractivity contribution < 1.29 is 0 Å². The zero-order valence-electron chi connectivity index (χ0n) is 5.90. The third-order valence-electron chi connectivity index (χ3n) is 1.72. The summed E-state index contributed by atoms with van der Waals surface area (Å²) in [7, 11) is 0. The number of nitrogens with zero attached hydrogens (tertiary/aromatic N) is 1. The number of hydrogen-bond acceptors (Lipinski definition) is 1. The number of hydrogen-bond donors (Lipinski definition) is 0. The SMILES string of the molecule is S=Cc1ccc2ccccn12. The van der Waals surface area contributed by atoms with Gasteiger partial charge < -0.3 is 4.40 Å². The lowest BCUT2D eigenvalue weighted by Gasteiger charge is -1.94. The van der Waals surface area contributed by atoms with Crippen LogP contribution in [0, 0.1) is 0 Å². The summed E-state index contributed by atoms with van der Waals surface area (Å²) < 4.78 is 2.06. The van der Waals surface area contributed by atoms with E-state index in [2.05, 4.69) is 16.5 Å². The first kappa shape index (κ1) is 6.55. The molecule has 0 aliphatic rings. The van der Waals surface area contributed by atoms with Crippen LogP contribution in [-0.2, 0) is 0 Å². The summed E-state index contributed by atoms with van der Waals surface area (Å²) in [6.45, 7) is 0. The number of aromatic nitrogens is 1. The van der Waals surface area contributed by atoms with Gasteiger partial charge >= 0.3 is 0 Å². The molecule has 2 aromatic heterocycles. The first-order valence-electron chi connectivity index (χ1n) is 3.43. The molecule has 0 atom stereocenters. The largest absolute Gasteiger partial charge is 0.316 e. The van der Waals surface area contributed by atoms with Crippen molar-refractivity contribution in [2.75, 3.05) is 0 Å². The van der Waals surface area contributed by atoms with Gasteiger partial charge in [-0.05, 0) is 24.3 Å². The molecule has 2 heteroatoms. The highest BCUT2D eigenvalue weighted by Crippen LogP contribution is 2.07. The molecule has 2 aromatic rings. The van der Waals surface area contributed by atoms with E-state index >= 15 is 0 Å². The van der Waals surface area contributed by atoms with Crippen LogP contribution in [-0.4, -0.2) is 9.77 Å². The van der Waals surface area contributed by atoms with Gasteiger partial charge in [0.15, 0.2) is 0 Å². The third kappa shape index (κ3) is 0.955. The summed E-state index contributed by atoms with van der Waals surface area (Å²) in [5.74, 6) is 0. The normalized spacial score (nSPS) is 10.2. The van der Waals surface area contributed by atoms with Gasteiger partial charge in [-0.3, -0.25) is 0 Å². The maximum Gasteiger partial charge on any atom is 0.0563 e. The van der Waals surface area contributed by atoms with Crippen molar-refractivity contribution >= 4 is 23.1 Å². The van der Waals surface area contributed by atoms with Crippen LogP contribution in [0.5, 0.6) is 0 Å². The predicted octanol–water partition coefficient (Wildman–Crippen LogP) is 2.29. The van der Waals surface area contributed by atoms with Crippen LogP contribution < -0.4 is 0 Å². The quantitative estimate of drug-likeness (QED) is 0.581. The topological polar surface area (TPSA) is 4.41 Å². The molecule has 0 aliphatic carbocycles. The van der Waals surface area contributed by atoms with Crippen LogP contribution in [0.3, 0.4) is 0 Å². The lowest BCUT2D eigenvalue weighted by atomic mass is 10.4. The van der Waals surface area contributed by atoms with Crippen molar-refractivity contribution in [3.05, 3.63) is 42.2 Å². The molecule has 0 aromatic carbocycles. The lowest BCUT2D eigenvalue weighted by molar-refractivity contribution is 1.19. The van der Waals surface area contributed by atoms with Gasteiger partial charge in [0.05, 0.1) is 5.69 Å². The maximum atomic E-state index is 4.85. The van der Waals surface area contributed by atoms with Crippen LogP contribution >= 0.6 is 12.2 Å². The Morgan fingerprint density at radius 3 is 2.91 bits per heavy atom. The van der Waals surface area contributed by atoms with Crippen molar-refractivity contribution in [1.29, 1.82) is 0 Å². The van der Waals surface area contributed by atoms with Crippen LogP contribution in [0.15, 0.2) is 36.5 Å². The van der Waals surface area contributed by atoms with E-state index in [9.17, 15) is 0 Å². The Balaban J connectivity index is 2.86. The zero-order chi connectivity index (χ0) is 7.68. The van der Waals surface area contributed by atoms with Gasteiger partial charge in [0.1, 0.15) is 0 Å². The van der Waals surface area contributed by atoms with Gasteiger partial charge in [-0.15, -0.1) is 0 Å². The minimum Gasteiger partial charge on any atom is -0.316 e. The molecule has 0 spiro atoms. The van der Waals surface area contributed by atoms with E-state index in [-0.39, 0.29) is 0 Å². The van der Waals surface area contributed by atoms with Gasteiger partial charge in [0, 0.05) is 17.1 Å². The molecule has 0 unspecified atom stereocenters. The summed E-state index contributed by atoms with van der Waals surface area (Å²) in [6.07, 6.45) is 2.01. The van der Waals surface area contributed by atoms with E-state index in [4.69, 9.17) is 12.2 Å². The predicted molar refractivity (Wildman–Crippen MR) is 50.2 cm³/mol. The zero-order valence-corrected chi connectivity index (χ0v) is 6.71. The number of pyridine rings is 1. The molecular weight excluding hydrogens is 154 g/mol. The van der Waals surface area contributed by atoms with Gasteiger partial charge in [0.25, 0.3) is 0 Å². The van der Waals surface area contributed by atoms with Crippen LogP contribution in [0.2, 0.25) is 0 Å². The monoisotopic (exact) mass is 161 g/mol. The molecule has 0 radical (unpaired) electrons. The van der Waals surface area contributed by atoms with Crippen molar-refractivity contribution in [3.63, 3.8) is 0 Å². The molecule has 11 heavy (non-hydrogen) atoms. The Kier molecular flexibility index (Phi) is 1.47. The van der Waals surface area contributed by atoms with Gasteiger partial charge in [-0.25, -0.2) is 0 Å². The van der Waals surface area contributed by atoms with Gasteiger partial charge in [0.2, 0.25) is 0 Å². The molecule has 0 bridgehead atoms. The summed E-state index contributed by atoms with van der Waals surface area (Å²) in [5, 5.41) is 1.69. The second-order valence-electron chi connectivity index (χ2n) is 2.37. The second kappa shape index (κ2) is 2.47. The summed E-state index contributed by atoms with van der Waals surface area (Å²) in [5.41, 5.74) is 2.25. The Morgan fingerprint density at radius 1 is 1.18 bits per heavy atom. The fourth-order valence-corrected chi connectivity index (χ4v) is 1.37. The Bertz CT molecular complexity index is 389. The molecule has 0 aliphatic heterocycles. The molecule has 0 amide bonds. The third-order valence-corrected chi connectivity index (χ3v) is 1.96. The first-order chi connectivity index (χ1) is 5.42. The Labute approximate surface area is 70.3 Å². The van der Waals surface area contributed by atoms with Crippen LogP contribution in [0.4, 0.5) is 0 Å². The average Bonchev–Trinajstić information content (AvgIpc) is 2.47. The fourth-order valence-electron chi connectivity index (χ4n) is 1.17. The highest BCUT2D eigenvalue weighted by Gasteiger charge is 1.94. The van der Waals surface area contributed by atoms with Crippen LogP contribution in [0.1, 0.15) is 5.69 Å². The Morgan fingerprint density at radius 2 is 2.09 bits per heavy atom. The maximum absolute atomic E-state index is 4.85. The summed E-state index contributed by atoms with van der Waals surface area (Å²) in [6, 6.07) is 10.1. The Hall–Kier alpha value is -1.15. The molecular formula is C9H7NS. The number of rotatable bonds is 1.